The smallest absolute Gasteiger partial charge is 0.305 e. The number of hydrogen-bond acceptors (Lipinski definition) is 3. The average molecular weight is 237 g/mol. The van der Waals surface area contributed by atoms with Crippen LogP contribution in [0.15, 0.2) is 24.3 Å². The molecule has 0 aromatic heterocycles. The normalized spacial score (nSPS) is 12.2. The van der Waals surface area contributed by atoms with Crippen LogP contribution in [0.4, 0.5) is 5.69 Å². The van der Waals surface area contributed by atoms with E-state index in [2.05, 4.69) is 5.32 Å². The summed E-state index contributed by atoms with van der Waals surface area (Å²) >= 11 is 0. The molecule has 0 saturated heterocycles. The van der Waals surface area contributed by atoms with Gasteiger partial charge in [-0.25, -0.2) is 0 Å². The van der Waals surface area contributed by atoms with Crippen molar-refractivity contribution < 1.29 is 14.6 Å². The third-order valence-electron chi connectivity index (χ3n) is 2.13. The summed E-state index contributed by atoms with van der Waals surface area (Å²) < 4.78 is 5.64. The van der Waals surface area contributed by atoms with Gasteiger partial charge in [0.2, 0.25) is 0 Å². The lowest BCUT2D eigenvalue weighted by atomic mass is 10.2. The first-order chi connectivity index (χ1) is 7.99. The Morgan fingerprint density at radius 2 is 2.00 bits per heavy atom. The molecule has 0 fully saturated rings. The maximum absolute atomic E-state index is 10.6. The highest BCUT2D eigenvalue weighted by Gasteiger charge is 2.10. The van der Waals surface area contributed by atoms with Gasteiger partial charge in [-0.05, 0) is 32.9 Å². The summed E-state index contributed by atoms with van der Waals surface area (Å²) in [4.78, 5) is 10.6. The van der Waals surface area contributed by atoms with E-state index in [0.717, 1.165) is 11.4 Å². The first kappa shape index (κ1) is 13.4. The zero-order valence-electron chi connectivity index (χ0n) is 10.4. The van der Waals surface area contributed by atoms with Gasteiger partial charge in [-0.1, -0.05) is 12.1 Å². The molecule has 2 N–H and O–H groups in total. The summed E-state index contributed by atoms with van der Waals surface area (Å²) in [7, 11) is 0. The molecule has 0 amide bonds. The lowest BCUT2D eigenvalue weighted by Crippen LogP contribution is -2.20. The molecule has 0 aliphatic heterocycles. The van der Waals surface area contributed by atoms with Gasteiger partial charge in [0.1, 0.15) is 5.75 Å². The number of nitrogens with one attached hydrogen (secondary N) is 1. The van der Waals surface area contributed by atoms with Gasteiger partial charge in [0.15, 0.2) is 0 Å². The third kappa shape index (κ3) is 4.76. The highest BCUT2D eigenvalue weighted by atomic mass is 16.5. The Balaban J connectivity index is 2.72. The minimum Gasteiger partial charge on any atom is -0.489 e. The number of rotatable bonds is 6. The number of benzene rings is 1. The van der Waals surface area contributed by atoms with E-state index in [0.29, 0.717) is 0 Å². The molecule has 0 aliphatic carbocycles. The van der Waals surface area contributed by atoms with E-state index in [1.807, 2.05) is 45.0 Å². The van der Waals surface area contributed by atoms with Crippen molar-refractivity contribution in [2.45, 2.75) is 39.3 Å². The number of carbonyl (C=O) groups is 1. The summed E-state index contributed by atoms with van der Waals surface area (Å²) in [6.07, 6.45) is 0.170. The van der Waals surface area contributed by atoms with Crippen molar-refractivity contribution in [1.29, 1.82) is 0 Å². The lowest BCUT2D eigenvalue weighted by molar-refractivity contribution is -0.137. The monoisotopic (exact) mass is 237 g/mol. The van der Waals surface area contributed by atoms with Gasteiger partial charge < -0.3 is 15.2 Å². The minimum absolute atomic E-state index is 0.0794. The number of anilines is 1. The molecule has 1 aromatic rings. The zero-order valence-corrected chi connectivity index (χ0v) is 10.4. The summed E-state index contributed by atoms with van der Waals surface area (Å²) in [5, 5.41) is 11.8. The number of carboxylic acids is 1. The van der Waals surface area contributed by atoms with Crippen molar-refractivity contribution >= 4 is 11.7 Å². The molecule has 1 atom stereocenters. The van der Waals surface area contributed by atoms with E-state index in [-0.39, 0.29) is 18.6 Å². The van der Waals surface area contributed by atoms with Crippen molar-refractivity contribution in [1.82, 2.24) is 0 Å². The van der Waals surface area contributed by atoms with Crippen molar-refractivity contribution in [3.8, 4) is 5.75 Å². The van der Waals surface area contributed by atoms with Crippen molar-refractivity contribution in [3.05, 3.63) is 24.3 Å². The second-order valence-corrected chi connectivity index (χ2v) is 4.31. The van der Waals surface area contributed by atoms with Gasteiger partial charge >= 0.3 is 5.97 Å². The van der Waals surface area contributed by atoms with E-state index in [1.165, 1.54) is 0 Å². The van der Waals surface area contributed by atoms with E-state index < -0.39 is 5.97 Å². The second-order valence-electron chi connectivity index (χ2n) is 4.31. The Morgan fingerprint density at radius 1 is 1.35 bits per heavy atom. The molecule has 0 saturated carbocycles. The highest BCUT2D eigenvalue weighted by molar-refractivity contribution is 5.68. The maximum atomic E-state index is 10.6. The Labute approximate surface area is 102 Å². The fourth-order valence-electron chi connectivity index (χ4n) is 1.52. The van der Waals surface area contributed by atoms with Crippen LogP contribution < -0.4 is 10.1 Å². The molecule has 4 heteroatoms. The van der Waals surface area contributed by atoms with E-state index in [1.54, 1.807) is 0 Å². The van der Waals surface area contributed by atoms with Crippen LogP contribution in [-0.2, 0) is 4.79 Å². The van der Waals surface area contributed by atoms with Crippen LogP contribution in [-0.4, -0.2) is 23.2 Å². The molecule has 94 valence electrons. The first-order valence-corrected chi connectivity index (χ1v) is 5.73. The fraction of sp³-hybridized carbons (Fsp3) is 0.462. The molecule has 0 heterocycles. The Kier molecular flexibility index (Phi) is 4.82. The Hall–Kier alpha value is -1.71. The van der Waals surface area contributed by atoms with E-state index >= 15 is 0 Å². The topological polar surface area (TPSA) is 58.6 Å². The maximum Gasteiger partial charge on any atom is 0.305 e. The van der Waals surface area contributed by atoms with Gasteiger partial charge in [-0.2, -0.15) is 0 Å². The average Bonchev–Trinajstić information content (AvgIpc) is 2.18. The highest BCUT2D eigenvalue weighted by Crippen LogP contribution is 2.25. The fourth-order valence-corrected chi connectivity index (χ4v) is 1.52. The minimum atomic E-state index is -0.813. The molecule has 0 spiro atoms. The number of hydrogen-bond donors (Lipinski definition) is 2. The van der Waals surface area contributed by atoms with E-state index in [4.69, 9.17) is 9.84 Å². The van der Waals surface area contributed by atoms with Gasteiger partial charge in [0, 0.05) is 6.04 Å². The van der Waals surface area contributed by atoms with Crippen LogP contribution >= 0.6 is 0 Å². The molecule has 17 heavy (non-hydrogen) atoms. The molecule has 0 bridgehead atoms. The van der Waals surface area contributed by atoms with Crippen molar-refractivity contribution in [2.24, 2.45) is 0 Å². The van der Waals surface area contributed by atoms with Crippen LogP contribution in [0.1, 0.15) is 27.2 Å². The lowest BCUT2D eigenvalue weighted by Gasteiger charge is -2.18. The van der Waals surface area contributed by atoms with Crippen LogP contribution in [0, 0.1) is 0 Å². The summed E-state index contributed by atoms with van der Waals surface area (Å²) in [6, 6.07) is 7.41. The van der Waals surface area contributed by atoms with Gasteiger partial charge in [-0.3, -0.25) is 4.79 Å². The van der Waals surface area contributed by atoms with Crippen LogP contribution in [0.3, 0.4) is 0 Å². The SMILES string of the molecule is CC(CC(=O)O)Nc1ccccc1OC(C)C. The molecular weight excluding hydrogens is 218 g/mol. The molecule has 1 aromatic carbocycles. The summed E-state index contributed by atoms with van der Waals surface area (Å²) in [5.74, 6) is -0.0630. The quantitative estimate of drug-likeness (QED) is 0.798. The van der Waals surface area contributed by atoms with Crippen LogP contribution in [0.5, 0.6) is 5.75 Å². The third-order valence-corrected chi connectivity index (χ3v) is 2.13. The largest absolute Gasteiger partial charge is 0.489 e. The van der Waals surface area contributed by atoms with Gasteiger partial charge in [-0.15, -0.1) is 0 Å². The van der Waals surface area contributed by atoms with E-state index in [9.17, 15) is 4.79 Å². The zero-order chi connectivity index (χ0) is 12.8. The van der Waals surface area contributed by atoms with Crippen molar-refractivity contribution in [2.75, 3.05) is 5.32 Å². The first-order valence-electron chi connectivity index (χ1n) is 5.73. The Bertz CT molecular complexity index is 377. The van der Waals surface area contributed by atoms with Crippen molar-refractivity contribution in [3.63, 3.8) is 0 Å². The molecular formula is C13H19NO3. The van der Waals surface area contributed by atoms with Crippen LogP contribution in [0.25, 0.3) is 0 Å². The summed E-state index contributed by atoms with van der Waals surface area (Å²) in [6.45, 7) is 5.75. The van der Waals surface area contributed by atoms with Crippen LogP contribution in [0.2, 0.25) is 0 Å². The number of carboxylic acid groups (broad SMARTS) is 1. The second kappa shape index (κ2) is 6.13. The predicted octanol–water partition coefficient (Wildman–Crippen LogP) is 2.75. The number of ether oxygens (including phenoxy) is 1. The molecule has 1 rings (SSSR count). The molecule has 1 unspecified atom stereocenters. The Morgan fingerprint density at radius 3 is 2.59 bits per heavy atom. The number of aliphatic carboxylic acids is 1. The summed E-state index contributed by atoms with van der Waals surface area (Å²) in [5.41, 5.74) is 0.829. The predicted molar refractivity (Wildman–Crippen MR) is 67.5 cm³/mol. The van der Waals surface area contributed by atoms with Gasteiger partial charge in [0.05, 0.1) is 18.2 Å². The molecule has 0 radical (unpaired) electrons. The standard InChI is InChI=1S/C13H19NO3/c1-9(2)17-12-7-5-4-6-11(12)14-10(3)8-13(15)16/h4-7,9-10,14H,8H2,1-3H3,(H,15,16). The number of para-hydroxylation sites is 2. The molecule has 4 nitrogen and oxygen atoms in total. The van der Waals surface area contributed by atoms with Gasteiger partial charge in [0.25, 0.3) is 0 Å². The molecule has 0 aliphatic rings.